The Balaban J connectivity index is 2.12. The predicted molar refractivity (Wildman–Crippen MR) is 74.3 cm³/mol. The SMILES string of the molecule is CN(Cc1cccc(Cl)c1)C(=O)c1cncc(Cl)n1. The van der Waals surface area contributed by atoms with Crippen LogP contribution in [0.25, 0.3) is 0 Å². The maximum atomic E-state index is 12.1. The highest BCUT2D eigenvalue weighted by molar-refractivity contribution is 6.30. The number of carbonyl (C=O) groups is 1. The minimum Gasteiger partial charge on any atom is -0.336 e. The zero-order chi connectivity index (χ0) is 13.8. The average molecular weight is 296 g/mol. The molecule has 1 aromatic carbocycles. The first-order valence-electron chi connectivity index (χ1n) is 5.54. The lowest BCUT2D eigenvalue weighted by atomic mass is 10.2. The van der Waals surface area contributed by atoms with Crippen molar-refractivity contribution in [3.05, 3.63) is 58.1 Å². The van der Waals surface area contributed by atoms with Gasteiger partial charge in [0.05, 0.1) is 12.4 Å². The highest BCUT2D eigenvalue weighted by Gasteiger charge is 2.14. The van der Waals surface area contributed by atoms with Crippen molar-refractivity contribution in [3.8, 4) is 0 Å². The number of benzene rings is 1. The van der Waals surface area contributed by atoms with Crippen LogP contribution in [-0.4, -0.2) is 27.8 Å². The van der Waals surface area contributed by atoms with Crippen LogP contribution in [0, 0.1) is 0 Å². The first-order chi connectivity index (χ1) is 9.06. The first-order valence-corrected chi connectivity index (χ1v) is 6.29. The van der Waals surface area contributed by atoms with Gasteiger partial charge < -0.3 is 4.90 Å². The molecule has 0 saturated heterocycles. The molecule has 0 bridgehead atoms. The van der Waals surface area contributed by atoms with Crippen molar-refractivity contribution in [2.24, 2.45) is 0 Å². The van der Waals surface area contributed by atoms with E-state index >= 15 is 0 Å². The number of nitrogens with zero attached hydrogens (tertiary/aromatic N) is 3. The van der Waals surface area contributed by atoms with Gasteiger partial charge in [0, 0.05) is 18.6 Å². The second kappa shape index (κ2) is 5.99. The van der Waals surface area contributed by atoms with Gasteiger partial charge >= 0.3 is 0 Å². The average Bonchev–Trinajstić information content (AvgIpc) is 2.38. The van der Waals surface area contributed by atoms with E-state index in [2.05, 4.69) is 9.97 Å². The van der Waals surface area contributed by atoms with Gasteiger partial charge in [-0.1, -0.05) is 35.3 Å². The summed E-state index contributed by atoms with van der Waals surface area (Å²) in [6.45, 7) is 0.438. The maximum Gasteiger partial charge on any atom is 0.274 e. The molecule has 0 aliphatic rings. The Hall–Kier alpha value is -1.65. The second-order valence-electron chi connectivity index (χ2n) is 4.02. The Morgan fingerprint density at radius 1 is 1.32 bits per heavy atom. The number of halogens is 2. The summed E-state index contributed by atoms with van der Waals surface area (Å²) in [4.78, 5) is 21.4. The third-order valence-corrected chi connectivity index (χ3v) is 2.90. The van der Waals surface area contributed by atoms with E-state index in [-0.39, 0.29) is 16.8 Å². The van der Waals surface area contributed by atoms with E-state index in [0.717, 1.165) is 5.56 Å². The topological polar surface area (TPSA) is 46.1 Å². The molecule has 1 amide bonds. The Bertz CT molecular complexity index is 604. The van der Waals surface area contributed by atoms with E-state index in [1.165, 1.54) is 17.3 Å². The van der Waals surface area contributed by atoms with Gasteiger partial charge in [0.1, 0.15) is 10.8 Å². The molecule has 0 spiro atoms. The van der Waals surface area contributed by atoms with E-state index in [1.807, 2.05) is 18.2 Å². The van der Waals surface area contributed by atoms with Crippen LogP contribution in [0.5, 0.6) is 0 Å². The fourth-order valence-electron chi connectivity index (χ4n) is 1.62. The van der Waals surface area contributed by atoms with E-state index < -0.39 is 0 Å². The molecule has 0 N–H and O–H groups in total. The summed E-state index contributed by atoms with van der Waals surface area (Å²) in [7, 11) is 1.69. The predicted octanol–water partition coefficient (Wildman–Crippen LogP) is 3.06. The fraction of sp³-hybridized carbons (Fsp3) is 0.154. The van der Waals surface area contributed by atoms with E-state index in [4.69, 9.17) is 23.2 Å². The molecule has 4 nitrogen and oxygen atoms in total. The smallest absolute Gasteiger partial charge is 0.274 e. The highest BCUT2D eigenvalue weighted by Crippen LogP contribution is 2.13. The summed E-state index contributed by atoms with van der Waals surface area (Å²) in [5.74, 6) is -0.241. The summed E-state index contributed by atoms with van der Waals surface area (Å²) < 4.78 is 0. The van der Waals surface area contributed by atoms with Gasteiger partial charge in [-0.15, -0.1) is 0 Å². The largest absolute Gasteiger partial charge is 0.336 e. The Morgan fingerprint density at radius 3 is 2.79 bits per heavy atom. The quantitative estimate of drug-likeness (QED) is 0.874. The van der Waals surface area contributed by atoms with Crippen molar-refractivity contribution in [2.75, 3.05) is 7.05 Å². The molecular weight excluding hydrogens is 285 g/mol. The van der Waals surface area contributed by atoms with Gasteiger partial charge in [0.15, 0.2) is 0 Å². The van der Waals surface area contributed by atoms with Gasteiger partial charge in [-0.3, -0.25) is 9.78 Å². The first kappa shape index (κ1) is 13.8. The molecule has 0 aliphatic carbocycles. The minimum absolute atomic E-state index is 0.196. The van der Waals surface area contributed by atoms with Crippen molar-refractivity contribution >= 4 is 29.1 Å². The Kier molecular flexibility index (Phi) is 4.35. The lowest BCUT2D eigenvalue weighted by Gasteiger charge is -2.16. The van der Waals surface area contributed by atoms with Crippen LogP contribution >= 0.6 is 23.2 Å². The lowest BCUT2D eigenvalue weighted by molar-refractivity contribution is 0.0779. The normalized spacial score (nSPS) is 10.3. The molecule has 0 radical (unpaired) electrons. The van der Waals surface area contributed by atoms with Crippen LogP contribution in [0.15, 0.2) is 36.7 Å². The zero-order valence-electron chi connectivity index (χ0n) is 10.2. The van der Waals surface area contributed by atoms with Gasteiger partial charge in [-0.25, -0.2) is 4.98 Å². The molecule has 0 unspecified atom stereocenters. The number of rotatable bonds is 3. The standard InChI is InChI=1S/C13H11Cl2N3O/c1-18(8-9-3-2-4-10(14)5-9)13(19)11-6-16-7-12(15)17-11/h2-7H,8H2,1H3. The zero-order valence-corrected chi connectivity index (χ0v) is 11.7. The number of hydrogen-bond acceptors (Lipinski definition) is 3. The van der Waals surface area contributed by atoms with E-state index in [1.54, 1.807) is 13.1 Å². The summed E-state index contributed by atoms with van der Waals surface area (Å²) in [5, 5.41) is 0.836. The molecule has 98 valence electrons. The van der Waals surface area contributed by atoms with Gasteiger partial charge in [0.2, 0.25) is 0 Å². The van der Waals surface area contributed by atoms with Gasteiger partial charge in [-0.2, -0.15) is 0 Å². The molecule has 2 rings (SSSR count). The molecule has 2 aromatic rings. The summed E-state index contributed by atoms with van der Waals surface area (Å²) in [6.07, 6.45) is 2.78. The second-order valence-corrected chi connectivity index (χ2v) is 4.84. The number of carbonyl (C=O) groups excluding carboxylic acids is 1. The number of amides is 1. The van der Waals surface area contributed by atoms with E-state index in [9.17, 15) is 4.79 Å². The lowest BCUT2D eigenvalue weighted by Crippen LogP contribution is -2.27. The van der Waals surface area contributed by atoms with Crippen molar-refractivity contribution in [1.82, 2.24) is 14.9 Å². The van der Waals surface area contributed by atoms with Crippen LogP contribution in [0.1, 0.15) is 16.1 Å². The molecule has 0 fully saturated rings. The van der Waals surface area contributed by atoms with Crippen molar-refractivity contribution in [2.45, 2.75) is 6.54 Å². The monoisotopic (exact) mass is 295 g/mol. The van der Waals surface area contributed by atoms with E-state index in [0.29, 0.717) is 11.6 Å². The van der Waals surface area contributed by atoms with Crippen LogP contribution in [-0.2, 0) is 6.54 Å². The highest BCUT2D eigenvalue weighted by atomic mass is 35.5. The fourth-order valence-corrected chi connectivity index (χ4v) is 1.98. The van der Waals surface area contributed by atoms with Crippen LogP contribution in [0.2, 0.25) is 10.2 Å². The van der Waals surface area contributed by atoms with Crippen LogP contribution < -0.4 is 0 Å². The van der Waals surface area contributed by atoms with Crippen LogP contribution in [0.3, 0.4) is 0 Å². The molecule has 19 heavy (non-hydrogen) atoms. The third kappa shape index (κ3) is 3.66. The summed E-state index contributed by atoms with van der Waals surface area (Å²) >= 11 is 11.6. The Labute approximate surface area is 121 Å². The van der Waals surface area contributed by atoms with Crippen LogP contribution in [0.4, 0.5) is 0 Å². The molecule has 6 heteroatoms. The number of hydrogen-bond donors (Lipinski definition) is 0. The molecule has 0 atom stereocenters. The summed E-state index contributed by atoms with van der Waals surface area (Å²) in [6, 6.07) is 7.35. The maximum absolute atomic E-state index is 12.1. The molecule has 0 aliphatic heterocycles. The Morgan fingerprint density at radius 2 is 2.11 bits per heavy atom. The van der Waals surface area contributed by atoms with Gasteiger partial charge in [-0.05, 0) is 17.7 Å². The molecule has 1 heterocycles. The van der Waals surface area contributed by atoms with Crippen molar-refractivity contribution < 1.29 is 4.79 Å². The molecule has 0 saturated carbocycles. The van der Waals surface area contributed by atoms with Crippen molar-refractivity contribution in [1.29, 1.82) is 0 Å². The summed E-state index contributed by atoms with van der Waals surface area (Å²) in [5.41, 5.74) is 1.16. The number of aromatic nitrogens is 2. The third-order valence-electron chi connectivity index (χ3n) is 2.48. The van der Waals surface area contributed by atoms with Gasteiger partial charge in [0.25, 0.3) is 5.91 Å². The molecule has 1 aromatic heterocycles. The molecular formula is C13H11Cl2N3O. The van der Waals surface area contributed by atoms with Crippen molar-refractivity contribution in [3.63, 3.8) is 0 Å². The minimum atomic E-state index is -0.241.